The van der Waals surface area contributed by atoms with E-state index in [1.54, 1.807) is 0 Å². The van der Waals surface area contributed by atoms with Gasteiger partial charge in [-0.2, -0.15) is 0 Å². The molecule has 0 aliphatic heterocycles. The van der Waals surface area contributed by atoms with Gasteiger partial charge in [0.15, 0.2) is 6.35 Å². The second-order valence-electron chi connectivity index (χ2n) is 4.23. The van der Waals surface area contributed by atoms with Crippen molar-refractivity contribution in [3.63, 3.8) is 0 Å². The van der Waals surface area contributed by atoms with Crippen LogP contribution in [-0.2, 0) is 4.74 Å². The molecule has 0 amide bonds. The number of nitrogens with two attached hydrogens (primary N) is 1. The Morgan fingerprint density at radius 1 is 1.36 bits per heavy atom. The Kier molecular flexibility index (Phi) is 4.00. The van der Waals surface area contributed by atoms with E-state index in [0.717, 1.165) is 0 Å². The van der Waals surface area contributed by atoms with Gasteiger partial charge in [-0.25, -0.2) is 0 Å². The van der Waals surface area contributed by atoms with Gasteiger partial charge in [-0.15, -0.1) is 0 Å². The highest BCUT2D eigenvalue weighted by Crippen LogP contribution is 2.13. The van der Waals surface area contributed by atoms with Crippen LogP contribution in [0.2, 0.25) is 0 Å². The van der Waals surface area contributed by atoms with Crippen molar-refractivity contribution in [2.24, 2.45) is 11.1 Å². The molecule has 1 unspecified atom stereocenters. The quantitative estimate of drug-likeness (QED) is 0.622. The summed E-state index contributed by atoms with van der Waals surface area (Å²) in [4.78, 5) is 1.84. The first-order chi connectivity index (χ1) is 4.83. The Bertz CT molecular complexity index is 107. The molecule has 68 valence electrons. The first-order valence-corrected chi connectivity index (χ1v) is 3.86. The Morgan fingerprint density at radius 3 is 2.09 bits per heavy atom. The predicted molar refractivity (Wildman–Crippen MR) is 47.1 cm³/mol. The van der Waals surface area contributed by atoms with Gasteiger partial charge in [0.2, 0.25) is 0 Å². The van der Waals surface area contributed by atoms with Gasteiger partial charge in [0.25, 0.3) is 0 Å². The van der Waals surface area contributed by atoms with Crippen molar-refractivity contribution in [3.8, 4) is 0 Å². The van der Waals surface area contributed by atoms with Crippen molar-refractivity contribution >= 4 is 0 Å². The van der Waals surface area contributed by atoms with Crippen LogP contribution in [0.4, 0.5) is 0 Å². The highest BCUT2D eigenvalue weighted by molar-refractivity contribution is 4.59. The van der Waals surface area contributed by atoms with Crippen molar-refractivity contribution in [2.75, 3.05) is 20.7 Å². The van der Waals surface area contributed by atoms with Gasteiger partial charge < -0.3 is 4.74 Å². The lowest BCUT2D eigenvalue weighted by molar-refractivity contribution is -0.0589. The third-order valence-electron chi connectivity index (χ3n) is 1.20. The maximum atomic E-state index is 5.63. The Morgan fingerprint density at radius 2 is 1.82 bits per heavy atom. The zero-order chi connectivity index (χ0) is 9.07. The average Bonchev–Trinajstić information content (AvgIpc) is 1.80. The van der Waals surface area contributed by atoms with E-state index in [1.165, 1.54) is 0 Å². The van der Waals surface area contributed by atoms with E-state index in [4.69, 9.17) is 10.5 Å². The summed E-state index contributed by atoms with van der Waals surface area (Å²) in [6.07, 6.45) is -0.283. The van der Waals surface area contributed by atoms with E-state index in [9.17, 15) is 0 Å². The van der Waals surface area contributed by atoms with Crippen molar-refractivity contribution in [2.45, 2.75) is 27.1 Å². The van der Waals surface area contributed by atoms with E-state index >= 15 is 0 Å². The molecule has 0 fully saturated rings. The van der Waals surface area contributed by atoms with Gasteiger partial charge in [0.05, 0.1) is 6.61 Å². The monoisotopic (exact) mass is 160 g/mol. The number of hydrogen-bond acceptors (Lipinski definition) is 3. The molecule has 0 rings (SSSR count). The molecular weight excluding hydrogens is 140 g/mol. The molecule has 0 aromatic rings. The molecule has 0 saturated heterocycles. The maximum absolute atomic E-state index is 5.63. The minimum absolute atomic E-state index is 0.188. The van der Waals surface area contributed by atoms with Crippen LogP contribution in [0.25, 0.3) is 0 Å². The summed E-state index contributed by atoms with van der Waals surface area (Å²) in [5.74, 6) is 0. The lowest BCUT2D eigenvalue weighted by atomic mass is 9.99. The first-order valence-electron chi connectivity index (χ1n) is 3.86. The average molecular weight is 160 g/mol. The molecule has 1 atom stereocenters. The third kappa shape index (κ3) is 6.28. The lowest BCUT2D eigenvalue weighted by Crippen LogP contribution is -2.40. The first kappa shape index (κ1) is 10.9. The second kappa shape index (κ2) is 4.04. The largest absolute Gasteiger partial charge is 0.349 e. The summed E-state index contributed by atoms with van der Waals surface area (Å²) in [6, 6.07) is 0. The minimum Gasteiger partial charge on any atom is -0.349 e. The van der Waals surface area contributed by atoms with Crippen molar-refractivity contribution in [1.29, 1.82) is 0 Å². The number of ether oxygens (including phenoxy) is 1. The summed E-state index contributed by atoms with van der Waals surface area (Å²) in [5.41, 5.74) is 5.82. The molecule has 2 N–H and O–H groups in total. The van der Waals surface area contributed by atoms with E-state index in [2.05, 4.69) is 20.8 Å². The van der Waals surface area contributed by atoms with Crippen molar-refractivity contribution in [3.05, 3.63) is 0 Å². The molecule has 11 heavy (non-hydrogen) atoms. The zero-order valence-electron chi connectivity index (χ0n) is 8.22. The van der Waals surface area contributed by atoms with Crippen LogP contribution >= 0.6 is 0 Å². The standard InChI is InChI=1S/C8H20N2O/c1-8(2,3)6-11-7(9)10(4)5/h7H,6,9H2,1-5H3. The number of rotatable bonds is 3. The summed E-state index contributed by atoms with van der Waals surface area (Å²) >= 11 is 0. The van der Waals surface area contributed by atoms with Crippen LogP contribution < -0.4 is 5.73 Å². The van der Waals surface area contributed by atoms with Crippen LogP contribution in [0, 0.1) is 5.41 Å². The fourth-order valence-corrected chi connectivity index (χ4v) is 0.484. The molecule has 0 aliphatic rings. The highest BCUT2D eigenvalue weighted by atomic mass is 16.5. The van der Waals surface area contributed by atoms with Crippen LogP contribution in [0.1, 0.15) is 20.8 Å². The SMILES string of the molecule is CN(C)C(N)OCC(C)(C)C. The van der Waals surface area contributed by atoms with Crippen molar-refractivity contribution < 1.29 is 4.74 Å². The van der Waals surface area contributed by atoms with E-state index < -0.39 is 0 Å². The van der Waals surface area contributed by atoms with Crippen LogP contribution in [0.5, 0.6) is 0 Å². The maximum Gasteiger partial charge on any atom is 0.162 e. The fourth-order valence-electron chi connectivity index (χ4n) is 0.484. The van der Waals surface area contributed by atoms with Gasteiger partial charge in [-0.05, 0) is 19.5 Å². The molecule has 3 nitrogen and oxygen atoms in total. The van der Waals surface area contributed by atoms with Crippen molar-refractivity contribution in [1.82, 2.24) is 4.90 Å². The lowest BCUT2D eigenvalue weighted by Gasteiger charge is -2.25. The number of hydrogen-bond donors (Lipinski definition) is 1. The smallest absolute Gasteiger partial charge is 0.162 e. The summed E-state index contributed by atoms with van der Waals surface area (Å²) in [5, 5.41) is 0. The normalized spacial score (nSPS) is 15.5. The second-order valence-corrected chi connectivity index (χ2v) is 4.23. The van der Waals surface area contributed by atoms with Crippen LogP contribution in [0.15, 0.2) is 0 Å². The molecule has 0 radical (unpaired) electrons. The predicted octanol–water partition coefficient (Wildman–Crippen LogP) is 0.853. The minimum atomic E-state index is -0.283. The van der Waals surface area contributed by atoms with Gasteiger partial charge in [-0.1, -0.05) is 20.8 Å². The fraction of sp³-hybridized carbons (Fsp3) is 1.00. The topological polar surface area (TPSA) is 38.5 Å². The van der Waals surface area contributed by atoms with E-state index in [1.807, 2.05) is 19.0 Å². The molecule has 3 heteroatoms. The Labute approximate surface area is 69.5 Å². The molecule has 0 bridgehead atoms. The van der Waals surface area contributed by atoms with Crippen LogP contribution in [-0.4, -0.2) is 32.0 Å². The molecule has 0 spiro atoms. The molecule has 0 aromatic heterocycles. The Hall–Kier alpha value is -0.120. The van der Waals surface area contributed by atoms with Gasteiger partial charge in [0.1, 0.15) is 0 Å². The van der Waals surface area contributed by atoms with Crippen LogP contribution in [0.3, 0.4) is 0 Å². The van der Waals surface area contributed by atoms with E-state index in [-0.39, 0.29) is 11.8 Å². The molecular formula is C8H20N2O. The van der Waals surface area contributed by atoms with Gasteiger partial charge in [-0.3, -0.25) is 10.6 Å². The zero-order valence-corrected chi connectivity index (χ0v) is 8.22. The third-order valence-corrected chi connectivity index (χ3v) is 1.20. The summed E-state index contributed by atoms with van der Waals surface area (Å²) < 4.78 is 5.37. The molecule has 0 saturated carbocycles. The van der Waals surface area contributed by atoms with E-state index in [0.29, 0.717) is 6.61 Å². The summed E-state index contributed by atoms with van der Waals surface area (Å²) in [6.45, 7) is 7.05. The molecule has 0 heterocycles. The van der Waals surface area contributed by atoms with Gasteiger partial charge in [0, 0.05) is 0 Å². The number of nitrogens with zero attached hydrogens (tertiary/aromatic N) is 1. The molecule has 0 aromatic carbocycles. The molecule has 0 aliphatic carbocycles. The Balaban J connectivity index is 3.54. The van der Waals surface area contributed by atoms with Gasteiger partial charge >= 0.3 is 0 Å². The highest BCUT2D eigenvalue weighted by Gasteiger charge is 2.13. The summed E-state index contributed by atoms with van der Waals surface area (Å²) in [7, 11) is 3.79.